The van der Waals surface area contributed by atoms with Crippen LogP contribution in [0.4, 0.5) is 0 Å². The molecule has 3 N–H and O–H groups in total. The van der Waals surface area contributed by atoms with Crippen LogP contribution in [0.5, 0.6) is 11.5 Å². The van der Waals surface area contributed by atoms with Crippen molar-refractivity contribution in [2.24, 2.45) is 0 Å². The maximum atomic E-state index is 11.3. The molecule has 17 heavy (non-hydrogen) atoms. The number of aromatic hydroxyl groups is 1. The summed E-state index contributed by atoms with van der Waals surface area (Å²) in [6.07, 6.45) is -2.11. The topological polar surface area (TPSA) is 113 Å². The Morgan fingerprint density at radius 2 is 2.00 bits per heavy atom. The molecule has 0 spiro atoms. The molecule has 1 aromatic rings. The number of methoxy groups -OCH3 is 1. The molecule has 1 atom stereocenters. The number of esters is 1. The second-order valence-corrected chi connectivity index (χ2v) is 2.98. The van der Waals surface area contributed by atoms with Crippen molar-refractivity contribution in [2.75, 3.05) is 7.11 Å². The van der Waals surface area contributed by atoms with E-state index in [0.29, 0.717) is 0 Å². The Labute approximate surface area is 95.8 Å². The van der Waals surface area contributed by atoms with Crippen molar-refractivity contribution in [1.29, 1.82) is 0 Å². The number of aliphatic hydroxyl groups excluding tert-OH is 1. The summed E-state index contributed by atoms with van der Waals surface area (Å²) in [7, 11) is 1.11. The van der Waals surface area contributed by atoms with E-state index in [2.05, 4.69) is 9.47 Å². The van der Waals surface area contributed by atoms with E-state index in [4.69, 9.17) is 10.2 Å². The van der Waals surface area contributed by atoms with Crippen LogP contribution in [-0.2, 0) is 9.53 Å². The fourth-order valence-electron chi connectivity index (χ4n) is 1.06. The van der Waals surface area contributed by atoms with E-state index in [0.717, 1.165) is 19.2 Å². The second kappa shape index (κ2) is 5.17. The fourth-order valence-corrected chi connectivity index (χ4v) is 1.06. The van der Waals surface area contributed by atoms with Gasteiger partial charge in [-0.05, 0) is 18.2 Å². The lowest BCUT2D eigenvalue weighted by atomic mass is 10.2. The average molecular weight is 242 g/mol. The molecule has 0 saturated heterocycles. The highest BCUT2D eigenvalue weighted by atomic mass is 16.6. The van der Waals surface area contributed by atoms with Gasteiger partial charge in [0.15, 0.2) is 0 Å². The van der Waals surface area contributed by atoms with E-state index in [9.17, 15) is 14.7 Å². The van der Waals surface area contributed by atoms with Crippen LogP contribution in [0.1, 0.15) is 10.4 Å². The summed E-state index contributed by atoms with van der Waals surface area (Å²) in [4.78, 5) is 21.7. The average Bonchev–Trinajstić information content (AvgIpc) is 2.30. The first-order valence-electron chi connectivity index (χ1n) is 4.44. The van der Waals surface area contributed by atoms with Gasteiger partial charge in [-0.3, -0.25) is 0 Å². The second-order valence-electron chi connectivity index (χ2n) is 2.98. The van der Waals surface area contributed by atoms with Gasteiger partial charge in [0.25, 0.3) is 6.29 Å². The van der Waals surface area contributed by atoms with Crippen LogP contribution in [0.2, 0.25) is 0 Å². The van der Waals surface area contributed by atoms with Gasteiger partial charge in [-0.1, -0.05) is 0 Å². The number of phenols is 1. The first-order chi connectivity index (χ1) is 7.95. The summed E-state index contributed by atoms with van der Waals surface area (Å²) in [5.41, 5.74) is -0.187. The molecule has 7 heteroatoms. The fraction of sp³-hybridized carbons (Fsp3) is 0.200. The Morgan fingerprint density at radius 3 is 2.53 bits per heavy atom. The first-order valence-corrected chi connectivity index (χ1v) is 4.44. The molecular formula is C10H10O7. The minimum Gasteiger partial charge on any atom is -0.508 e. The lowest BCUT2D eigenvalue weighted by Crippen LogP contribution is -2.26. The Hall–Kier alpha value is -2.28. The van der Waals surface area contributed by atoms with Crippen molar-refractivity contribution < 1.29 is 34.4 Å². The molecule has 0 aromatic heterocycles. The lowest BCUT2D eigenvalue weighted by molar-refractivity contribution is -0.162. The van der Waals surface area contributed by atoms with Crippen molar-refractivity contribution in [1.82, 2.24) is 0 Å². The van der Waals surface area contributed by atoms with Crippen molar-refractivity contribution in [3.63, 3.8) is 0 Å². The van der Waals surface area contributed by atoms with E-state index < -0.39 is 18.2 Å². The van der Waals surface area contributed by atoms with E-state index in [1.165, 1.54) is 6.07 Å². The monoisotopic (exact) mass is 242 g/mol. The van der Waals surface area contributed by atoms with Crippen molar-refractivity contribution in [3.8, 4) is 11.5 Å². The maximum Gasteiger partial charge on any atom is 0.373 e. The van der Waals surface area contributed by atoms with E-state index in [-0.39, 0.29) is 17.1 Å². The molecule has 92 valence electrons. The predicted molar refractivity (Wildman–Crippen MR) is 53.7 cm³/mol. The number of carbonyl (C=O) groups is 2. The van der Waals surface area contributed by atoms with Gasteiger partial charge in [-0.2, -0.15) is 0 Å². The molecule has 0 bridgehead atoms. The molecule has 1 unspecified atom stereocenters. The standard InChI is InChI=1S/C10H10O7/c1-16-9(14)6-4-5(11)2-3-7(6)17-10(15)8(12)13/h2-4,10-11,15H,1H3,(H,12,13). The van der Waals surface area contributed by atoms with Crippen molar-refractivity contribution in [2.45, 2.75) is 6.29 Å². The van der Waals surface area contributed by atoms with Gasteiger partial charge in [0, 0.05) is 0 Å². The van der Waals surface area contributed by atoms with Gasteiger partial charge in [0.05, 0.1) is 7.11 Å². The number of rotatable bonds is 4. The van der Waals surface area contributed by atoms with E-state index >= 15 is 0 Å². The first kappa shape index (κ1) is 12.8. The minimum absolute atomic E-state index is 0.187. The molecule has 1 rings (SSSR count). The molecule has 0 aliphatic heterocycles. The molecule has 0 heterocycles. The largest absolute Gasteiger partial charge is 0.508 e. The molecule has 0 fully saturated rings. The molecule has 1 aromatic carbocycles. The summed E-state index contributed by atoms with van der Waals surface area (Å²) in [6, 6.07) is 3.36. The number of carbonyl (C=O) groups excluding carboxylic acids is 1. The molecule has 0 aliphatic carbocycles. The number of phenolic OH excluding ortho intramolecular Hbond substituents is 1. The molecule has 0 amide bonds. The molecular weight excluding hydrogens is 232 g/mol. The highest BCUT2D eigenvalue weighted by Crippen LogP contribution is 2.24. The Morgan fingerprint density at radius 1 is 1.35 bits per heavy atom. The number of hydrogen-bond donors (Lipinski definition) is 3. The van der Waals surface area contributed by atoms with Gasteiger partial charge >= 0.3 is 11.9 Å². The predicted octanol–water partition coefficient (Wildman–Crippen LogP) is -0.0394. The van der Waals surface area contributed by atoms with Crippen molar-refractivity contribution in [3.05, 3.63) is 23.8 Å². The summed E-state index contributed by atoms with van der Waals surface area (Å²) in [5, 5.41) is 26.6. The van der Waals surface area contributed by atoms with Crippen LogP contribution in [-0.4, -0.2) is 40.7 Å². The van der Waals surface area contributed by atoms with Crippen molar-refractivity contribution >= 4 is 11.9 Å². The van der Waals surface area contributed by atoms with Crippen LogP contribution in [0.25, 0.3) is 0 Å². The Balaban J connectivity index is 3.06. The number of aliphatic hydroxyl groups is 1. The number of aliphatic carboxylic acids is 1. The minimum atomic E-state index is -2.11. The number of ether oxygens (including phenoxy) is 2. The molecule has 0 saturated carbocycles. The molecule has 0 aliphatic rings. The summed E-state index contributed by atoms with van der Waals surface area (Å²) < 4.78 is 9.04. The van der Waals surface area contributed by atoms with Gasteiger partial charge in [0.1, 0.15) is 17.1 Å². The third kappa shape index (κ3) is 3.08. The highest BCUT2D eigenvalue weighted by molar-refractivity contribution is 5.93. The summed E-state index contributed by atoms with van der Waals surface area (Å²) in [6.45, 7) is 0. The van der Waals surface area contributed by atoms with Crippen LogP contribution in [0.3, 0.4) is 0 Å². The quantitative estimate of drug-likeness (QED) is 0.501. The zero-order valence-corrected chi connectivity index (χ0v) is 8.78. The SMILES string of the molecule is COC(=O)c1cc(O)ccc1OC(O)C(=O)O. The number of benzene rings is 1. The Kier molecular flexibility index (Phi) is 3.89. The maximum absolute atomic E-state index is 11.3. The van der Waals surface area contributed by atoms with E-state index in [1.807, 2.05) is 0 Å². The molecule has 0 radical (unpaired) electrons. The molecule has 7 nitrogen and oxygen atoms in total. The number of carboxylic acids is 1. The highest BCUT2D eigenvalue weighted by Gasteiger charge is 2.20. The van der Waals surface area contributed by atoms with E-state index in [1.54, 1.807) is 0 Å². The zero-order valence-electron chi connectivity index (χ0n) is 8.78. The smallest absolute Gasteiger partial charge is 0.373 e. The third-order valence-electron chi connectivity index (χ3n) is 1.82. The summed E-state index contributed by atoms with van der Waals surface area (Å²) >= 11 is 0. The van der Waals surface area contributed by atoms with Gasteiger partial charge in [-0.25, -0.2) is 9.59 Å². The lowest BCUT2D eigenvalue weighted by Gasteiger charge is -2.12. The third-order valence-corrected chi connectivity index (χ3v) is 1.82. The number of carboxylic acid groups (broad SMARTS) is 1. The summed E-state index contributed by atoms with van der Waals surface area (Å²) in [5.74, 6) is -2.85. The van der Waals surface area contributed by atoms with Gasteiger partial charge in [0.2, 0.25) is 0 Å². The van der Waals surface area contributed by atoms with Gasteiger partial charge in [-0.15, -0.1) is 0 Å². The van der Waals surface area contributed by atoms with Crippen LogP contribution in [0.15, 0.2) is 18.2 Å². The van der Waals surface area contributed by atoms with Gasteiger partial charge < -0.3 is 24.8 Å². The van der Waals surface area contributed by atoms with Crippen LogP contribution < -0.4 is 4.74 Å². The Bertz CT molecular complexity index is 440. The zero-order chi connectivity index (χ0) is 13.0. The van der Waals surface area contributed by atoms with Crippen LogP contribution in [0, 0.1) is 0 Å². The normalized spacial score (nSPS) is 11.6. The number of hydrogen-bond acceptors (Lipinski definition) is 6. The van der Waals surface area contributed by atoms with Crippen LogP contribution >= 0.6 is 0 Å².